The van der Waals surface area contributed by atoms with Gasteiger partial charge in [-0.15, -0.1) is 0 Å². The van der Waals surface area contributed by atoms with Gasteiger partial charge in [0.25, 0.3) is 0 Å². The highest BCUT2D eigenvalue weighted by Gasteiger charge is 2.51. The summed E-state index contributed by atoms with van der Waals surface area (Å²) in [6.45, 7) is 2.81. The molecule has 532 valence electrons. The minimum absolute atomic E-state index is 0.244. The molecule has 0 saturated carbocycles. The average molecular weight is 1290 g/mol. The third kappa shape index (κ3) is 44.9. The van der Waals surface area contributed by atoms with E-state index in [4.69, 9.17) is 18.9 Å². The molecule has 1 amide bonds. The largest absolute Gasteiger partial charge is 0.394 e. The van der Waals surface area contributed by atoms with Crippen LogP contribution in [0.2, 0.25) is 0 Å². The lowest BCUT2D eigenvalue weighted by Crippen LogP contribution is -2.65. The van der Waals surface area contributed by atoms with Crippen LogP contribution in [0.1, 0.15) is 328 Å². The number of aliphatic hydroxyl groups excluding tert-OH is 8. The zero-order chi connectivity index (χ0) is 65.9. The Morgan fingerprint density at radius 1 is 0.396 bits per heavy atom. The molecule has 0 aromatic carbocycles. The van der Waals surface area contributed by atoms with E-state index in [0.29, 0.717) is 12.8 Å². The SMILES string of the molecule is CCCCCCC/C=C\C/C=C\C/C=C\CCCCCCCCCCCCCCCCCCCCCCCCC(=O)NC(COC1OC(CO)C(OC2OC(CO)C(O)C(O)C2O)C(O)C1O)C(O)/C=C/CC/C=C/CCCCCCCCCCCCCCCC. The highest BCUT2D eigenvalue weighted by Crippen LogP contribution is 2.30. The number of nitrogens with one attached hydrogen (secondary N) is 1. The molecule has 2 saturated heterocycles. The highest BCUT2D eigenvalue weighted by molar-refractivity contribution is 5.76. The van der Waals surface area contributed by atoms with E-state index in [1.54, 1.807) is 6.08 Å². The topological polar surface area (TPSA) is 228 Å². The molecule has 14 heteroatoms. The van der Waals surface area contributed by atoms with Crippen LogP contribution in [0.25, 0.3) is 0 Å². The highest BCUT2D eigenvalue weighted by atomic mass is 16.7. The predicted octanol–water partition coefficient (Wildman–Crippen LogP) is 16.4. The Balaban J connectivity index is 1.61. The number of ether oxygens (including phenoxy) is 4. The van der Waals surface area contributed by atoms with E-state index in [2.05, 4.69) is 67.8 Å². The predicted molar refractivity (Wildman–Crippen MR) is 374 cm³/mol. The number of allylic oxidation sites excluding steroid dienone is 9. The number of amides is 1. The van der Waals surface area contributed by atoms with Crippen LogP contribution < -0.4 is 5.32 Å². The Labute approximate surface area is 556 Å². The van der Waals surface area contributed by atoms with Crippen molar-refractivity contribution in [2.24, 2.45) is 0 Å². The molecule has 2 aliphatic rings. The normalized spacial score (nSPS) is 23.1. The number of hydrogen-bond donors (Lipinski definition) is 9. The number of hydrogen-bond acceptors (Lipinski definition) is 13. The molecule has 2 heterocycles. The first-order chi connectivity index (χ1) is 44.6. The van der Waals surface area contributed by atoms with Crippen LogP contribution >= 0.6 is 0 Å². The van der Waals surface area contributed by atoms with Gasteiger partial charge in [0, 0.05) is 6.42 Å². The lowest BCUT2D eigenvalue weighted by Gasteiger charge is -2.46. The first-order valence-electron chi connectivity index (χ1n) is 38.0. The number of carbonyl (C=O) groups is 1. The molecule has 12 unspecified atom stereocenters. The fourth-order valence-corrected chi connectivity index (χ4v) is 12.4. The second kappa shape index (κ2) is 61.3. The summed E-state index contributed by atoms with van der Waals surface area (Å²) >= 11 is 0. The summed E-state index contributed by atoms with van der Waals surface area (Å²) in [5.74, 6) is -0.244. The Morgan fingerprint density at radius 2 is 0.736 bits per heavy atom. The molecule has 14 nitrogen and oxygen atoms in total. The molecule has 9 N–H and O–H groups in total. The van der Waals surface area contributed by atoms with Crippen molar-refractivity contribution >= 4 is 5.91 Å². The maximum atomic E-state index is 13.3. The van der Waals surface area contributed by atoms with Crippen molar-refractivity contribution < 1.29 is 64.6 Å². The van der Waals surface area contributed by atoms with Crippen molar-refractivity contribution in [3.05, 3.63) is 60.8 Å². The van der Waals surface area contributed by atoms with E-state index in [9.17, 15) is 45.6 Å². The first kappa shape index (κ1) is 84.8. The molecule has 2 fully saturated rings. The van der Waals surface area contributed by atoms with Gasteiger partial charge in [-0.25, -0.2) is 0 Å². The van der Waals surface area contributed by atoms with E-state index in [0.717, 1.165) is 44.9 Å². The van der Waals surface area contributed by atoms with Crippen LogP contribution in [0.15, 0.2) is 60.8 Å². The summed E-state index contributed by atoms with van der Waals surface area (Å²) in [7, 11) is 0. The van der Waals surface area contributed by atoms with Gasteiger partial charge in [-0.1, -0.05) is 312 Å². The Hall–Kier alpha value is -2.31. The van der Waals surface area contributed by atoms with Crippen LogP contribution in [0.5, 0.6) is 0 Å². The zero-order valence-electron chi connectivity index (χ0n) is 58.1. The number of rotatable bonds is 63. The molecule has 0 spiro atoms. The quantitative estimate of drug-likeness (QED) is 0.0204. The number of unbranched alkanes of at least 4 members (excludes halogenated alkanes) is 42. The van der Waals surface area contributed by atoms with Gasteiger partial charge in [0.05, 0.1) is 32.0 Å². The molecule has 12 atom stereocenters. The van der Waals surface area contributed by atoms with E-state index >= 15 is 0 Å². The maximum Gasteiger partial charge on any atom is 0.220 e. The van der Waals surface area contributed by atoms with Crippen molar-refractivity contribution in [2.75, 3.05) is 19.8 Å². The fourth-order valence-electron chi connectivity index (χ4n) is 12.4. The minimum atomic E-state index is -1.79. The van der Waals surface area contributed by atoms with Crippen molar-refractivity contribution in [1.82, 2.24) is 5.32 Å². The zero-order valence-corrected chi connectivity index (χ0v) is 58.1. The van der Waals surface area contributed by atoms with Crippen LogP contribution in [0, 0.1) is 0 Å². The van der Waals surface area contributed by atoms with E-state index < -0.39 is 86.8 Å². The maximum absolute atomic E-state index is 13.3. The average Bonchev–Trinajstić information content (AvgIpc) is 1.04. The van der Waals surface area contributed by atoms with Gasteiger partial charge in [-0.3, -0.25) is 4.79 Å². The fraction of sp³-hybridized carbons (Fsp3) is 0.857. The monoisotopic (exact) mass is 1290 g/mol. The first-order valence-corrected chi connectivity index (χ1v) is 38.0. The summed E-state index contributed by atoms with van der Waals surface area (Å²) in [5, 5.41) is 87.5. The molecule has 0 aromatic rings. The van der Waals surface area contributed by atoms with Crippen molar-refractivity contribution in [2.45, 2.75) is 402 Å². The molecule has 0 aliphatic carbocycles. The van der Waals surface area contributed by atoms with Crippen molar-refractivity contribution in [3.8, 4) is 0 Å². The molecule has 91 heavy (non-hydrogen) atoms. The second-order valence-electron chi connectivity index (χ2n) is 26.8. The van der Waals surface area contributed by atoms with Crippen LogP contribution in [0.4, 0.5) is 0 Å². The van der Waals surface area contributed by atoms with Gasteiger partial charge in [-0.05, 0) is 70.6 Å². The lowest BCUT2D eigenvalue weighted by atomic mass is 9.97. The van der Waals surface area contributed by atoms with Crippen molar-refractivity contribution in [1.29, 1.82) is 0 Å². The number of aliphatic hydroxyl groups is 8. The van der Waals surface area contributed by atoms with Gasteiger partial charge < -0.3 is 65.1 Å². The summed E-state index contributed by atoms with van der Waals surface area (Å²) in [6.07, 6.45) is 65.9. The summed E-state index contributed by atoms with van der Waals surface area (Å²) in [4.78, 5) is 13.3. The third-order valence-electron chi connectivity index (χ3n) is 18.4. The van der Waals surface area contributed by atoms with Crippen LogP contribution in [-0.4, -0.2) is 140 Å². The van der Waals surface area contributed by atoms with E-state index in [1.165, 1.54) is 250 Å². The van der Waals surface area contributed by atoms with Gasteiger partial charge in [0.2, 0.25) is 5.91 Å². The summed E-state index contributed by atoms with van der Waals surface area (Å²) < 4.78 is 22.9. The minimum Gasteiger partial charge on any atom is -0.394 e. The molecule has 0 aromatic heterocycles. The van der Waals surface area contributed by atoms with Crippen molar-refractivity contribution in [3.63, 3.8) is 0 Å². The number of carbonyl (C=O) groups excluding carboxylic acids is 1. The molecule has 2 aliphatic heterocycles. The Bertz CT molecular complexity index is 1760. The standard InChI is InChI=1S/C77H141NO13/c1-3-5-7-9-11-13-15-17-19-21-23-25-26-27-28-29-30-31-32-33-34-35-36-37-38-39-40-41-43-45-47-49-51-53-55-57-59-61-69(82)78-65(66(81)60-58-56-54-52-50-48-46-44-42-24-22-20-18-16-14-12-10-8-6-4-2)64-88-76-74(87)72(85)75(68(63-80)90-76)91-77-73(86)71(84)70(83)67(62-79)89-77/h15,17,21,23,26-27,50,52,58,60,65-68,70-77,79-81,83-87H,3-14,16,18-20,22,24-25,28-49,51,53-57,59,61-64H2,1-2H3,(H,78,82)/b17-15-,23-21-,27-26-,52-50+,60-58+. The Kier molecular flexibility index (Phi) is 57.1. The second-order valence-corrected chi connectivity index (χ2v) is 26.8. The molecular weight excluding hydrogens is 1150 g/mol. The molecule has 2 rings (SSSR count). The third-order valence-corrected chi connectivity index (χ3v) is 18.4. The smallest absolute Gasteiger partial charge is 0.220 e. The van der Waals surface area contributed by atoms with Gasteiger partial charge in [0.1, 0.15) is 48.8 Å². The molecular formula is C77H141NO13. The molecule has 0 bridgehead atoms. The summed E-state index contributed by atoms with van der Waals surface area (Å²) in [5.41, 5.74) is 0. The summed E-state index contributed by atoms with van der Waals surface area (Å²) in [6, 6.07) is -0.933. The van der Waals surface area contributed by atoms with Gasteiger partial charge in [-0.2, -0.15) is 0 Å². The van der Waals surface area contributed by atoms with Crippen LogP contribution in [-0.2, 0) is 23.7 Å². The van der Waals surface area contributed by atoms with Gasteiger partial charge >= 0.3 is 0 Å². The van der Waals surface area contributed by atoms with E-state index in [1.807, 2.05) is 6.08 Å². The van der Waals surface area contributed by atoms with Crippen LogP contribution in [0.3, 0.4) is 0 Å². The lowest BCUT2D eigenvalue weighted by molar-refractivity contribution is -0.359. The van der Waals surface area contributed by atoms with Gasteiger partial charge in [0.15, 0.2) is 12.6 Å². The van der Waals surface area contributed by atoms with E-state index in [-0.39, 0.29) is 18.9 Å². The Morgan fingerprint density at radius 3 is 1.15 bits per heavy atom. The molecule has 0 radical (unpaired) electrons.